The van der Waals surface area contributed by atoms with Gasteiger partial charge in [-0.1, -0.05) is 58.3 Å². The molecule has 6 heteroatoms. The fourth-order valence-corrected chi connectivity index (χ4v) is 2.46. The summed E-state index contributed by atoms with van der Waals surface area (Å²) in [4.78, 5) is 35.0. The molecule has 0 aromatic heterocycles. The highest BCUT2D eigenvalue weighted by atomic mass is 16.6. The Bertz CT molecular complexity index is 407. The minimum absolute atomic E-state index is 0.212. The van der Waals surface area contributed by atoms with E-state index in [1.165, 1.54) is 52.4 Å². The molecule has 6 nitrogen and oxygen atoms in total. The van der Waals surface area contributed by atoms with Gasteiger partial charge in [0.15, 0.2) is 12.2 Å². The van der Waals surface area contributed by atoms with Gasteiger partial charge in [0, 0.05) is 6.42 Å². The number of ether oxygens (including phenoxy) is 3. The lowest BCUT2D eigenvalue weighted by Gasteiger charge is -2.16. The smallest absolute Gasteiger partial charge is 0.347 e. The van der Waals surface area contributed by atoms with E-state index < -0.39 is 30.1 Å². The van der Waals surface area contributed by atoms with Crippen molar-refractivity contribution in [3.8, 4) is 0 Å². The second-order valence-corrected chi connectivity index (χ2v) is 6.54. The molecular weight excluding hydrogens is 336 g/mol. The minimum atomic E-state index is -1.03. The molecule has 0 spiro atoms. The molecule has 2 atom stereocenters. The predicted molar refractivity (Wildman–Crippen MR) is 99.6 cm³/mol. The maximum absolute atomic E-state index is 11.8. The van der Waals surface area contributed by atoms with Crippen molar-refractivity contribution in [1.29, 1.82) is 0 Å². The Kier molecular flexibility index (Phi) is 14.7. The number of unbranched alkanes of at least 4 members (excludes halogenated alkanes) is 8. The standard InChI is InChI=1S/C20H36O6/c1-5-7-8-9-10-11-12-13-14-15-18(21)25-17(4)20(23)26-16(3)19(22)24-6-2/h16-17H,5-15H2,1-4H3/t16-,17-/m0/s1. The summed E-state index contributed by atoms with van der Waals surface area (Å²) in [5, 5.41) is 0. The van der Waals surface area contributed by atoms with Crippen molar-refractivity contribution in [3.05, 3.63) is 0 Å². The largest absolute Gasteiger partial charge is 0.463 e. The van der Waals surface area contributed by atoms with Crippen molar-refractivity contribution >= 4 is 17.9 Å². The second-order valence-electron chi connectivity index (χ2n) is 6.54. The van der Waals surface area contributed by atoms with Crippen molar-refractivity contribution in [3.63, 3.8) is 0 Å². The van der Waals surface area contributed by atoms with Crippen molar-refractivity contribution in [2.45, 2.75) is 104 Å². The van der Waals surface area contributed by atoms with Gasteiger partial charge in [-0.2, -0.15) is 0 Å². The Morgan fingerprint density at radius 2 is 1.19 bits per heavy atom. The number of hydrogen-bond donors (Lipinski definition) is 0. The fraction of sp³-hybridized carbons (Fsp3) is 0.850. The van der Waals surface area contributed by atoms with Gasteiger partial charge in [-0.25, -0.2) is 9.59 Å². The van der Waals surface area contributed by atoms with Crippen molar-refractivity contribution in [2.75, 3.05) is 6.61 Å². The third-order valence-corrected chi connectivity index (χ3v) is 4.04. The number of esters is 3. The molecule has 0 saturated heterocycles. The van der Waals surface area contributed by atoms with Crippen LogP contribution in [-0.2, 0) is 28.6 Å². The molecule has 0 N–H and O–H groups in total. The van der Waals surface area contributed by atoms with Crippen LogP contribution in [0.3, 0.4) is 0 Å². The van der Waals surface area contributed by atoms with E-state index in [2.05, 4.69) is 6.92 Å². The zero-order valence-corrected chi connectivity index (χ0v) is 16.9. The highest BCUT2D eigenvalue weighted by molar-refractivity contribution is 5.82. The van der Waals surface area contributed by atoms with Gasteiger partial charge in [0.2, 0.25) is 0 Å². The normalized spacial score (nSPS) is 12.9. The van der Waals surface area contributed by atoms with Gasteiger partial charge in [0.25, 0.3) is 0 Å². The van der Waals surface area contributed by atoms with Gasteiger partial charge in [0.05, 0.1) is 6.61 Å². The Morgan fingerprint density at radius 1 is 0.692 bits per heavy atom. The number of carbonyl (C=O) groups excluding carboxylic acids is 3. The van der Waals surface area contributed by atoms with Crippen LogP contribution >= 0.6 is 0 Å². The average Bonchev–Trinajstić information content (AvgIpc) is 2.60. The first-order valence-electron chi connectivity index (χ1n) is 9.98. The molecule has 0 bridgehead atoms. The Hall–Kier alpha value is -1.59. The van der Waals surface area contributed by atoms with Gasteiger partial charge < -0.3 is 14.2 Å². The first-order valence-corrected chi connectivity index (χ1v) is 9.98. The van der Waals surface area contributed by atoms with E-state index in [0.717, 1.165) is 19.3 Å². The Balaban J connectivity index is 3.78. The van der Waals surface area contributed by atoms with Crippen molar-refractivity contribution in [1.82, 2.24) is 0 Å². The Labute approximate surface area is 157 Å². The van der Waals surface area contributed by atoms with Crippen LogP contribution in [0.15, 0.2) is 0 Å². The quantitative estimate of drug-likeness (QED) is 0.242. The van der Waals surface area contributed by atoms with Crippen molar-refractivity contribution in [2.24, 2.45) is 0 Å². The van der Waals surface area contributed by atoms with Gasteiger partial charge in [-0.05, 0) is 27.2 Å². The highest BCUT2D eigenvalue weighted by Crippen LogP contribution is 2.11. The number of rotatable bonds is 15. The van der Waals surface area contributed by atoms with Crippen LogP contribution in [0.5, 0.6) is 0 Å². The average molecular weight is 373 g/mol. The number of hydrogen-bond acceptors (Lipinski definition) is 6. The van der Waals surface area contributed by atoms with Gasteiger partial charge >= 0.3 is 17.9 Å². The van der Waals surface area contributed by atoms with Gasteiger partial charge in [-0.15, -0.1) is 0 Å². The summed E-state index contributed by atoms with van der Waals surface area (Å²) >= 11 is 0. The number of carbonyl (C=O) groups is 3. The molecule has 0 radical (unpaired) electrons. The van der Waals surface area contributed by atoms with E-state index in [1.807, 2.05) is 0 Å². The zero-order valence-electron chi connectivity index (χ0n) is 16.9. The summed E-state index contributed by atoms with van der Waals surface area (Å²) < 4.78 is 14.7. The van der Waals surface area contributed by atoms with E-state index in [1.54, 1.807) is 6.92 Å². The molecule has 0 fully saturated rings. The molecule has 0 aromatic carbocycles. The third kappa shape index (κ3) is 12.7. The molecule has 26 heavy (non-hydrogen) atoms. The summed E-state index contributed by atoms with van der Waals surface area (Å²) in [7, 11) is 0. The van der Waals surface area contributed by atoms with Crippen LogP contribution < -0.4 is 0 Å². The minimum Gasteiger partial charge on any atom is -0.463 e. The maximum atomic E-state index is 11.8. The molecule has 0 aliphatic rings. The molecule has 152 valence electrons. The molecule has 0 rings (SSSR count). The SMILES string of the molecule is CCCCCCCCCCCC(=O)O[C@@H](C)C(=O)O[C@@H](C)C(=O)OCC. The van der Waals surface area contributed by atoms with E-state index in [9.17, 15) is 14.4 Å². The molecule has 0 saturated carbocycles. The molecule has 0 aliphatic heterocycles. The van der Waals surface area contributed by atoms with Gasteiger partial charge in [-0.3, -0.25) is 4.79 Å². The lowest BCUT2D eigenvalue weighted by molar-refractivity contribution is -0.176. The Morgan fingerprint density at radius 3 is 1.73 bits per heavy atom. The molecule has 0 aromatic rings. The highest BCUT2D eigenvalue weighted by Gasteiger charge is 2.25. The molecular formula is C20H36O6. The maximum Gasteiger partial charge on any atom is 0.347 e. The summed E-state index contributed by atoms with van der Waals surface area (Å²) in [5.74, 6) is -1.78. The van der Waals surface area contributed by atoms with E-state index in [-0.39, 0.29) is 6.61 Å². The molecule has 0 amide bonds. The first kappa shape index (κ1) is 24.4. The van der Waals surface area contributed by atoms with Crippen LogP contribution in [0, 0.1) is 0 Å². The topological polar surface area (TPSA) is 78.9 Å². The predicted octanol–water partition coefficient (Wildman–Crippen LogP) is 4.33. The van der Waals surface area contributed by atoms with Gasteiger partial charge in [0.1, 0.15) is 0 Å². The summed E-state index contributed by atoms with van der Waals surface area (Å²) in [6, 6.07) is 0. The van der Waals surface area contributed by atoms with E-state index in [4.69, 9.17) is 14.2 Å². The summed E-state index contributed by atoms with van der Waals surface area (Å²) in [6.07, 6.45) is 8.75. The van der Waals surface area contributed by atoms with Crippen LogP contribution in [0.2, 0.25) is 0 Å². The fourth-order valence-electron chi connectivity index (χ4n) is 2.46. The van der Waals surface area contributed by atoms with Crippen LogP contribution in [0.4, 0.5) is 0 Å². The van der Waals surface area contributed by atoms with Crippen LogP contribution in [0.1, 0.15) is 91.9 Å². The lowest BCUT2D eigenvalue weighted by Crippen LogP contribution is -2.33. The second kappa shape index (κ2) is 15.6. The van der Waals surface area contributed by atoms with E-state index in [0.29, 0.717) is 6.42 Å². The summed E-state index contributed by atoms with van der Waals surface area (Å²) in [5.41, 5.74) is 0. The van der Waals surface area contributed by atoms with E-state index >= 15 is 0 Å². The summed E-state index contributed by atoms with van der Waals surface area (Å²) in [6.45, 7) is 6.95. The molecule has 0 unspecified atom stereocenters. The first-order chi connectivity index (χ1) is 12.4. The monoisotopic (exact) mass is 372 g/mol. The van der Waals surface area contributed by atoms with Crippen LogP contribution in [0.25, 0.3) is 0 Å². The molecule has 0 heterocycles. The van der Waals surface area contributed by atoms with Crippen LogP contribution in [-0.4, -0.2) is 36.7 Å². The zero-order chi connectivity index (χ0) is 19.8. The lowest BCUT2D eigenvalue weighted by atomic mass is 10.1. The third-order valence-electron chi connectivity index (χ3n) is 4.04. The van der Waals surface area contributed by atoms with Crippen molar-refractivity contribution < 1.29 is 28.6 Å². The molecule has 0 aliphatic carbocycles.